The minimum absolute atomic E-state index is 0.0214. The first-order valence-electron chi connectivity index (χ1n) is 8.22. The highest BCUT2D eigenvalue weighted by Crippen LogP contribution is 2.26. The summed E-state index contributed by atoms with van der Waals surface area (Å²) in [5.74, 6) is -2.21. The number of aromatic nitrogens is 2. The summed E-state index contributed by atoms with van der Waals surface area (Å²) in [4.78, 5) is 4.63. The molecule has 0 saturated carbocycles. The first kappa shape index (κ1) is 18.7. The summed E-state index contributed by atoms with van der Waals surface area (Å²) in [6.45, 7) is 5.93. The van der Waals surface area contributed by atoms with E-state index in [2.05, 4.69) is 20.9 Å². The number of aryl methyl sites for hydroxylation is 4. The summed E-state index contributed by atoms with van der Waals surface area (Å²) in [5, 5.41) is 0. The van der Waals surface area contributed by atoms with Gasteiger partial charge >= 0.3 is 0 Å². The van der Waals surface area contributed by atoms with Crippen LogP contribution >= 0.6 is 15.9 Å². The molecule has 1 aromatic carbocycles. The third-order valence-electron chi connectivity index (χ3n) is 4.34. The molecule has 0 spiro atoms. The van der Waals surface area contributed by atoms with Gasteiger partial charge in [0.2, 0.25) is 0 Å². The van der Waals surface area contributed by atoms with Crippen LogP contribution in [0.3, 0.4) is 0 Å². The van der Waals surface area contributed by atoms with E-state index in [1.165, 1.54) is 0 Å². The second-order valence-corrected chi connectivity index (χ2v) is 7.25. The SMILES string of the molecule is Cc1cc(CCc2c(F)c(F)cc(Br)c2F)nc(-n2c(C)ccc2C)c1. The van der Waals surface area contributed by atoms with Crippen molar-refractivity contribution in [1.82, 2.24) is 9.55 Å². The Morgan fingerprint density at radius 3 is 2.23 bits per heavy atom. The molecular weight excluding hydrogens is 405 g/mol. The quantitative estimate of drug-likeness (QED) is 0.488. The zero-order valence-corrected chi connectivity index (χ0v) is 16.3. The molecule has 0 aliphatic carbocycles. The maximum atomic E-state index is 14.2. The molecule has 26 heavy (non-hydrogen) atoms. The largest absolute Gasteiger partial charge is 0.303 e. The summed E-state index contributed by atoms with van der Waals surface area (Å²) in [6, 6.07) is 8.65. The Labute approximate surface area is 158 Å². The molecule has 0 saturated heterocycles. The maximum absolute atomic E-state index is 14.2. The fourth-order valence-corrected chi connectivity index (χ4v) is 3.53. The van der Waals surface area contributed by atoms with E-state index in [0.29, 0.717) is 12.1 Å². The number of pyridine rings is 1. The highest BCUT2D eigenvalue weighted by atomic mass is 79.9. The van der Waals surface area contributed by atoms with Crippen LogP contribution in [0.2, 0.25) is 0 Å². The van der Waals surface area contributed by atoms with Crippen LogP contribution in [0.1, 0.15) is 28.2 Å². The Morgan fingerprint density at radius 1 is 0.923 bits per heavy atom. The van der Waals surface area contributed by atoms with Crippen molar-refractivity contribution in [2.24, 2.45) is 0 Å². The number of benzene rings is 1. The van der Waals surface area contributed by atoms with E-state index in [0.717, 1.165) is 28.8 Å². The van der Waals surface area contributed by atoms with Crippen molar-refractivity contribution in [2.75, 3.05) is 0 Å². The van der Waals surface area contributed by atoms with E-state index >= 15 is 0 Å². The van der Waals surface area contributed by atoms with Crippen molar-refractivity contribution < 1.29 is 13.2 Å². The first-order chi connectivity index (χ1) is 12.3. The Bertz CT molecular complexity index is 934. The van der Waals surface area contributed by atoms with Gasteiger partial charge < -0.3 is 4.57 Å². The molecule has 6 heteroatoms. The zero-order valence-electron chi connectivity index (χ0n) is 14.7. The Hall–Kier alpha value is -2.08. The third kappa shape index (κ3) is 3.56. The Morgan fingerprint density at radius 2 is 1.58 bits per heavy atom. The monoisotopic (exact) mass is 422 g/mol. The molecule has 0 atom stereocenters. The molecule has 3 aromatic rings. The van der Waals surface area contributed by atoms with Gasteiger partial charge in [0.15, 0.2) is 11.6 Å². The number of hydrogen-bond donors (Lipinski definition) is 0. The van der Waals surface area contributed by atoms with Crippen molar-refractivity contribution in [1.29, 1.82) is 0 Å². The van der Waals surface area contributed by atoms with Gasteiger partial charge in [-0.05, 0) is 85.4 Å². The van der Waals surface area contributed by atoms with Gasteiger partial charge in [0.05, 0.1) is 4.47 Å². The molecule has 0 N–H and O–H groups in total. The molecule has 0 amide bonds. The second kappa shape index (κ2) is 7.27. The number of rotatable bonds is 4. The van der Waals surface area contributed by atoms with Gasteiger partial charge in [-0.15, -0.1) is 0 Å². The predicted molar refractivity (Wildman–Crippen MR) is 99.2 cm³/mol. The lowest BCUT2D eigenvalue weighted by molar-refractivity contribution is 0.476. The smallest absolute Gasteiger partial charge is 0.165 e. The molecular formula is C20H18BrF3N2. The van der Waals surface area contributed by atoms with E-state index in [1.807, 2.05) is 49.6 Å². The molecule has 0 unspecified atom stereocenters. The van der Waals surface area contributed by atoms with E-state index < -0.39 is 17.5 Å². The molecule has 3 rings (SSSR count). The average molecular weight is 423 g/mol. The molecule has 2 heterocycles. The molecule has 2 aromatic heterocycles. The van der Waals surface area contributed by atoms with Crippen LogP contribution < -0.4 is 0 Å². The fourth-order valence-electron chi connectivity index (χ4n) is 3.09. The molecule has 0 aliphatic rings. The lowest BCUT2D eigenvalue weighted by Crippen LogP contribution is -2.07. The van der Waals surface area contributed by atoms with Gasteiger partial charge in [-0.25, -0.2) is 18.2 Å². The Balaban J connectivity index is 1.93. The highest BCUT2D eigenvalue weighted by molar-refractivity contribution is 9.10. The molecule has 2 nitrogen and oxygen atoms in total. The summed E-state index contributed by atoms with van der Waals surface area (Å²) >= 11 is 2.92. The number of halogens is 4. The minimum Gasteiger partial charge on any atom is -0.303 e. The van der Waals surface area contributed by atoms with Crippen molar-refractivity contribution in [3.8, 4) is 5.82 Å². The van der Waals surface area contributed by atoms with E-state index in [4.69, 9.17) is 0 Å². The minimum atomic E-state index is -1.14. The first-order valence-corrected chi connectivity index (χ1v) is 9.02. The number of nitrogens with zero attached hydrogens (tertiary/aromatic N) is 2. The Kier molecular flexibility index (Phi) is 5.23. The maximum Gasteiger partial charge on any atom is 0.165 e. The van der Waals surface area contributed by atoms with Gasteiger partial charge in [-0.2, -0.15) is 0 Å². The summed E-state index contributed by atoms with van der Waals surface area (Å²) < 4.78 is 43.6. The van der Waals surface area contributed by atoms with Crippen LogP contribution in [0.15, 0.2) is 34.8 Å². The molecule has 136 valence electrons. The average Bonchev–Trinajstić information content (AvgIpc) is 2.91. The number of hydrogen-bond acceptors (Lipinski definition) is 1. The fraction of sp³-hybridized carbons (Fsp3) is 0.250. The van der Waals surface area contributed by atoms with Crippen LogP contribution in [0, 0.1) is 38.2 Å². The van der Waals surface area contributed by atoms with Gasteiger partial charge in [-0.1, -0.05) is 0 Å². The van der Waals surface area contributed by atoms with Crippen molar-refractivity contribution >= 4 is 15.9 Å². The predicted octanol–water partition coefficient (Wildman–Crippen LogP) is 5.76. The standard InChI is InChI=1S/C20H18BrF3N2/c1-11-8-14(25-18(9-11)26-12(2)4-5-13(26)3)6-7-15-19(23)16(21)10-17(22)20(15)24/h4-5,8-10H,6-7H2,1-3H3. The van der Waals surface area contributed by atoms with Crippen LogP contribution in [-0.2, 0) is 12.8 Å². The van der Waals surface area contributed by atoms with E-state index in [9.17, 15) is 13.2 Å². The lowest BCUT2D eigenvalue weighted by Gasteiger charge is -2.12. The van der Waals surface area contributed by atoms with Crippen molar-refractivity contribution in [3.63, 3.8) is 0 Å². The van der Waals surface area contributed by atoms with Gasteiger partial charge in [0.1, 0.15) is 11.6 Å². The molecule has 0 fully saturated rings. The normalized spacial score (nSPS) is 11.2. The van der Waals surface area contributed by atoms with Crippen LogP contribution in [0.25, 0.3) is 5.82 Å². The summed E-state index contributed by atoms with van der Waals surface area (Å²) in [7, 11) is 0. The topological polar surface area (TPSA) is 17.8 Å². The van der Waals surface area contributed by atoms with Crippen LogP contribution in [0.5, 0.6) is 0 Å². The van der Waals surface area contributed by atoms with Crippen molar-refractivity contribution in [3.05, 3.63) is 80.5 Å². The van der Waals surface area contributed by atoms with Gasteiger partial charge in [0.25, 0.3) is 0 Å². The lowest BCUT2D eigenvalue weighted by atomic mass is 10.1. The van der Waals surface area contributed by atoms with Gasteiger partial charge in [-0.3, -0.25) is 0 Å². The summed E-state index contributed by atoms with van der Waals surface area (Å²) in [5.41, 5.74) is 3.54. The van der Waals surface area contributed by atoms with Crippen LogP contribution in [0.4, 0.5) is 13.2 Å². The summed E-state index contributed by atoms with van der Waals surface area (Å²) in [6.07, 6.45) is 0.325. The van der Waals surface area contributed by atoms with Gasteiger partial charge in [0, 0.05) is 22.6 Å². The molecule has 0 aliphatic heterocycles. The van der Waals surface area contributed by atoms with E-state index in [-0.39, 0.29) is 16.5 Å². The van der Waals surface area contributed by atoms with E-state index in [1.54, 1.807) is 0 Å². The van der Waals surface area contributed by atoms with Crippen molar-refractivity contribution in [2.45, 2.75) is 33.6 Å². The molecule has 0 radical (unpaired) electrons. The molecule has 0 bridgehead atoms. The zero-order chi connectivity index (χ0) is 19.0. The third-order valence-corrected chi connectivity index (χ3v) is 4.92. The second-order valence-electron chi connectivity index (χ2n) is 6.39. The van der Waals surface area contributed by atoms with Crippen LogP contribution in [-0.4, -0.2) is 9.55 Å². The highest BCUT2D eigenvalue weighted by Gasteiger charge is 2.18.